The van der Waals surface area contributed by atoms with E-state index in [-0.39, 0.29) is 66.7 Å². The standard InChI is InChI=1S/C22H26O8/c23-17-9-29-19(25)21(17)8-12-5-13(21)6-15(12)27-1-2-28-16-4-11-3-14(16)22(7-11)18(24)10-30-20(22)26/h11-16H,1-10H2/t11-,12+,13+,14+,15?,16?,21?,22?/m1/s1. The third kappa shape index (κ3) is 2.29. The Kier molecular flexibility index (Phi) is 4.01. The molecule has 2 saturated heterocycles. The molecule has 30 heavy (non-hydrogen) atoms. The molecule has 2 heterocycles. The van der Waals surface area contributed by atoms with Gasteiger partial charge in [0.05, 0.1) is 25.4 Å². The van der Waals surface area contributed by atoms with Gasteiger partial charge in [0.1, 0.15) is 10.8 Å². The van der Waals surface area contributed by atoms with Gasteiger partial charge in [0.25, 0.3) is 0 Å². The number of Topliss-reactive ketones (excluding diaryl/α,β-unsaturated/α-hetero) is 2. The summed E-state index contributed by atoms with van der Waals surface area (Å²) in [6.45, 7) is 0.661. The number of hydrogen-bond acceptors (Lipinski definition) is 8. The Morgan fingerprint density at radius 1 is 0.767 bits per heavy atom. The summed E-state index contributed by atoms with van der Waals surface area (Å²) in [7, 11) is 0. The van der Waals surface area contributed by atoms with Crippen molar-refractivity contribution in [3.05, 3.63) is 0 Å². The first kappa shape index (κ1) is 18.9. The Hall–Kier alpha value is -1.80. The molecular formula is C22H26O8. The highest BCUT2D eigenvalue weighted by atomic mass is 16.6. The summed E-state index contributed by atoms with van der Waals surface area (Å²) < 4.78 is 22.2. The molecule has 2 aliphatic heterocycles. The van der Waals surface area contributed by atoms with Crippen molar-refractivity contribution < 1.29 is 38.1 Å². The number of hydrogen-bond donors (Lipinski definition) is 0. The van der Waals surface area contributed by atoms with Crippen LogP contribution in [0.25, 0.3) is 0 Å². The molecule has 4 unspecified atom stereocenters. The van der Waals surface area contributed by atoms with Gasteiger partial charge < -0.3 is 18.9 Å². The SMILES string of the molecule is O=C1COC(=O)C12C[C@@H]1C[C@H]2CC1OCCOC1C[C@H]2C[C@@H]1C1(C2)C(=O)COC1=O. The number of fused-ring (bicyclic) bond motifs is 6. The van der Waals surface area contributed by atoms with Crippen LogP contribution in [0.3, 0.4) is 0 Å². The highest BCUT2D eigenvalue weighted by Gasteiger charge is 2.68. The van der Waals surface area contributed by atoms with E-state index in [0.29, 0.717) is 38.4 Å². The number of carbonyl (C=O) groups excluding carboxylic acids is 4. The van der Waals surface area contributed by atoms with E-state index in [2.05, 4.69) is 0 Å². The number of carbonyl (C=O) groups is 4. The van der Waals surface area contributed by atoms with Gasteiger partial charge in [-0.25, -0.2) is 0 Å². The van der Waals surface area contributed by atoms with Gasteiger partial charge in [0.15, 0.2) is 24.8 Å². The number of esters is 2. The van der Waals surface area contributed by atoms with Crippen LogP contribution in [0, 0.1) is 34.5 Å². The molecule has 0 radical (unpaired) electrons. The second-order valence-electron chi connectivity index (χ2n) is 10.0. The zero-order valence-corrected chi connectivity index (χ0v) is 16.8. The van der Waals surface area contributed by atoms with Gasteiger partial charge in [-0.05, 0) is 56.3 Å². The number of ketones is 2. The third-order valence-electron chi connectivity index (χ3n) is 8.90. The molecule has 2 spiro atoms. The molecule has 6 aliphatic rings. The first-order chi connectivity index (χ1) is 14.4. The van der Waals surface area contributed by atoms with E-state index in [9.17, 15) is 19.2 Å². The van der Waals surface area contributed by atoms with E-state index in [1.54, 1.807) is 0 Å². The minimum absolute atomic E-state index is 0.0285. The molecule has 8 atom stereocenters. The summed E-state index contributed by atoms with van der Waals surface area (Å²) in [5.41, 5.74) is -1.86. The average molecular weight is 418 g/mol. The lowest BCUT2D eigenvalue weighted by Crippen LogP contribution is -2.45. The van der Waals surface area contributed by atoms with Gasteiger partial charge in [0.2, 0.25) is 0 Å². The van der Waals surface area contributed by atoms with Crippen LogP contribution in [0.1, 0.15) is 38.5 Å². The Morgan fingerprint density at radius 3 is 2.00 bits per heavy atom. The highest BCUT2D eigenvalue weighted by Crippen LogP contribution is 2.60. The van der Waals surface area contributed by atoms with E-state index in [0.717, 1.165) is 19.3 Å². The predicted octanol–water partition coefficient (Wildman–Crippen LogP) is 0.841. The fraction of sp³-hybridized carbons (Fsp3) is 0.818. The molecule has 4 bridgehead atoms. The molecule has 4 aliphatic carbocycles. The summed E-state index contributed by atoms with van der Waals surface area (Å²) in [6, 6.07) is 0. The first-order valence-corrected chi connectivity index (χ1v) is 11.1. The van der Waals surface area contributed by atoms with Crippen molar-refractivity contribution in [3.63, 3.8) is 0 Å². The Balaban J connectivity index is 1.01. The van der Waals surface area contributed by atoms with Crippen LogP contribution in [0.4, 0.5) is 0 Å². The van der Waals surface area contributed by atoms with Crippen LogP contribution in [0.2, 0.25) is 0 Å². The van der Waals surface area contributed by atoms with Crippen LogP contribution < -0.4 is 0 Å². The molecule has 6 fully saturated rings. The van der Waals surface area contributed by atoms with Crippen LogP contribution in [-0.4, -0.2) is 62.1 Å². The van der Waals surface area contributed by atoms with Gasteiger partial charge in [0, 0.05) is 5.92 Å². The number of ether oxygens (including phenoxy) is 4. The topological polar surface area (TPSA) is 105 Å². The molecule has 0 amide bonds. The van der Waals surface area contributed by atoms with Crippen molar-refractivity contribution in [1.29, 1.82) is 0 Å². The molecule has 8 nitrogen and oxygen atoms in total. The van der Waals surface area contributed by atoms with Gasteiger partial charge >= 0.3 is 11.9 Å². The lowest BCUT2D eigenvalue weighted by atomic mass is 9.70. The molecule has 0 aromatic heterocycles. The molecule has 0 aromatic rings. The largest absolute Gasteiger partial charge is 0.457 e. The molecule has 4 saturated carbocycles. The summed E-state index contributed by atoms with van der Waals surface area (Å²) >= 11 is 0. The minimum atomic E-state index is -0.963. The van der Waals surface area contributed by atoms with E-state index < -0.39 is 10.8 Å². The fourth-order valence-corrected chi connectivity index (χ4v) is 7.61. The van der Waals surface area contributed by atoms with Gasteiger partial charge in [-0.3, -0.25) is 19.2 Å². The second kappa shape index (κ2) is 6.36. The normalized spacial score (nSPS) is 48.5. The van der Waals surface area contributed by atoms with Crippen LogP contribution in [0.15, 0.2) is 0 Å². The van der Waals surface area contributed by atoms with E-state index in [1.165, 1.54) is 0 Å². The maximum atomic E-state index is 12.4. The monoisotopic (exact) mass is 418 g/mol. The molecule has 8 heteroatoms. The molecule has 0 aromatic carbocycles. The molecule has 0 N–H and O–H groups in total. The maximum absolute atomic E-state index is 12.4. The van der Waals surface area contributed by atoms with Gasteiger partial charge in [-0.15, -0.1) is 0 Å². The number of rotatable bonds is 5. The zero-order valence-electron chi connectivity index (χ0n) is 16.8. The van der Waals surface area contributed by atoms with Crippen molar-refractivity contribution in [2.45, 2.75) is 50.7 Å². The lowest BCUT2D eigenvalue weighted by Gasteiger charge is -2.34. The van der Waals surface area contributed by atoms with Crippen molar-refractivity contribution >= 4 is 23.5 Å². The highest BCUT2D eigenvalue weighted by molar-refractivity contribution is 6.10. The fourth-order valence-electron chi connectivity index (χ4n) is 7.61. The predicted molar refractivity (Wildman–Crippen MR) is 97.9 cm³/mol. The first-order valence-electron chi connectivity index (χ1n) is 11.1. The average Bonchev–Trinajstić information content (AvgIpc) is 3.55. The molecule has 6 rings (SSSR count). The minimum Gasteiger partial charge on any atom is -0.457 e. The zero-order chi connectivity index (χ0) is 20.7. The van der Waals surface area contributed by atoms with Crippen LogP contribution >= 0.6 is 0 Å². The lowest BCUT2D eigenvalue weighted by molar-refractivity contribution is -0.155. The van der Waals surface area contributed by atoms with Crippen LogP contribution in [-0.2, 0) is 38.1 Å². The second-order valence-corrected chi connectivity index (χ2v) is 10.0. The van der Waals surface area contributed by atoms with Crippen molar-refractivity contribution in [1.82, 2.24) is 0 Å². The number of cyclic esters (lactones) is 2. The van der Waals surface area contributed by atoms with E-state index in [4.69, 9.17) is 18.9 Å². The van der Waals surface area contributed by atoms with Crippen molar-refractivity contribution in [3.8, 4) is 0 Å². The van der Waals surface area contributed by atoms with E-state index in [1.807, 2.05) is 0 Å². The maximum Gasteiger partial charge on any atom is 0.320 e. The van der Waals surface area contributed by atoms with Crippen molar-refractivity contribution in [2.24, 2.45) is 34.5 Å². The summed E-state index contributed by atoms with van der Waals surface area (Å²) in [5, 5.41) is 0. The Labute approximate surface area is 173 Å². The summed E-state index contributed by atoms with van der Waals surface area (Å²) in [5.74, 6) is -0.338. The Morgan fingerprint density at radius 2 is 1.43 bits per heavy atom. The third-order valence-corrected chi connectivity index (χ3v) is 8.90. The van der Waals surface area contributed by atoms with Crippen molar-refractivity contribution in [2.75, 3.05) is 26.4 Å². The molecule has 162 valence electrons. The Bertz CT molecular complexity index is 801. The van der Waals surface area contributed by atoms with Gasteiger partial charge in [-0.2, -0.15) is 0 Å². The van der Waals surface area contributed by atoms with E-state index >= 15 is 0 Å². The van der Waals surface area contributed by atoms with Crippen LogP contribution in [0.5, 0.6) is 0 Å². The summed E-state index contributed by atoms with van der Waals surface area (Å²) in [4.78, 5) is 49.1. The summed E-state index contributed by atoms with van der Waals surface area (Å²) in [6.07, 6.45) is 4.38. The molecular weight excluding hydrogens is 392 g/mol. The quantitative estimate of drug-likeness (QED) is 0.367. The van der Waals surface area contributed by atoms with Gasteiger partial charge in [-0.1, -0.05) is 0 Å². The smallest absolute Gasteiger partial charge is 0.320 e.